The summed E-state index contributed by atoms with van der Waals surface area (Å²) in [4.78, 5) is 14.4. The molecule has 1 aliphatic rings. The number of nitrogens with zero attached hydrogens (tertiary/aromatic N) is 4. The number of carbonyl (C=O) groups excluding carboxylic acids is 1. The second kappa shape index (κ2) is 7.03. The Hall–Kier alpha value is -3.09. The Morgan fingerprint density at radius 1 is 1.12 bits per heavy atom. The lowest BCUT2D eigenvalue weighted by molar-refractivity contribution is 0.193. The number of amides is 2. The standard InChI is InChI=1S/C19H21N5O2/c1-26-16-7-3-2-6-15(16)20-19(25)23-12-9-14(10-13-23)18-22-21-17-8-4-5-11-24(17)18/h2-8,11,14H,9-10,12-13H2,1H3,(H,20,25). The first-order valence-electron chi connectivity index (χ1n) is 8.75. The van der Waals surface area contributed by atoms with Gasteiger partial charge in [0.15, 0.2) is 5.65 Å². The lowest BCUT2D eigenvalue weighted by Crippen LogP contribution is -2.40. The van der Waals surface area contributed by atoms with E-state index in [4.69, 9.17) is 4.74 Å². The van der Waals surface area contributed by atoms with Crippen LogP contribution >= 0.6 is 0 Å². The zero-order valence-electron chi connectivity index (χ0n) is 14.6. The molecule has 4 rings (SSSR count). The van der Waals surface area contributed by atoms with Gasteiger partial charge in [0, 0.05) is 25.2 Å². The normalized spacial score (nSPS) is 15.2. The van der Waals surface area contributed by atoms with Crippen molar-refractivity contribution in [3.05, 3.63) is 54.5 Å². The predicted octanol–water partition coefficient (Wildman–Crippen LogP) is 3.15. The largest absolute Gasteiger partial charge is 0.495 e. The van der Waals surface area contributed by atoms with Crippen molar-refractivity contribution in [1.82, 2.24) is 19.5 Å². The second-order valence-electron chi connectivity index (χ2n) is 6.38. The molecule has 0 unspecified atom stereocenters. The fourth-order valence-electron chi connectivity index (χ4n) is 3.42. The maximum Gasteiger partial charge on any atom is 0.321 e. The van der Waals surface area contributed by atoms with E-state index in [9.17, 15) is 4.79 Å². The van der Waals surface area contributed by atoms with Crippen molar-refractivity contribution in [3.63, 3.8) is 0 Å². The molecule has 7 nitrogen and oxygen atoms in total. The summed E-state index contributed by atoms with van der Waals surface area (Å²) >= 11 is 0. The molecule has 0 spiro atoms. The molecular formula is C19H21N5O2. The van der Waals surface area contributed by atoms with E-state index in [0.717, 1.165) is 24.3 Å². The van der Waals surface area contributed by atoms with Gasteiger partial charge in [-0.05, 0) is 37.1 Å². The molecule has 1 saturated heterocycles. The smallest absolute Gasteiger partial charge is 0.321 e. The van der Waals surface area contributed by atoms with E-state index in [2.05, 4.69) is 15.5 Å². The summed E-state index contributed by atoms with van der Waals surface area (Å²) < 4.78 is 7.33. The van der Waals surface area contributed by atoms with Crippen LogP contribution in [0, 0.1) is 0 Å². The number of nitrogens with one attached hydrogen (secondary N) is 1. The molecule has 2 aromatic heterocycles. The molecule has 0 atom stereocenters. The molecule has 26 heavy (non-hydrogen) atoms. The molecule has 1 N–H and O–H groups in total. The van der Waals surface area contributed by atoms with Crippen LogP contribution in [-0.2, 0) is 0 Å². The summed E-state index contributed by atoms with van der Waals surface area (Å²) in [7, 11) is 1.60. The quantitative estimate of drug-likeness (QED) is 0.787. The maximum absolute atomic E-state index is 12.6. The fourth-order valence-corrected chi connectivity index (χ4v) is 3.42. The highest BCUT2D eigenvalue weighted by atomic mass is 16.5. The highest BCUT2D eigenvalue weighted by molar-refractivity contribution is 5.91. The number of methoxy groups -OCH3 is 1. The van der Waals surface area contributed by atoms with Gasteiger partial charge in [-0.1, -0.05) is 18.2 Å². The second-order valence-corrected chi connectivity index (χ2v) is 6.38. The minimum Gasteiger partial charge on any atom is -0.495 e. The number of ether oxygens (including phenoxy) is 1. The Morgan fingerprint density at radius 3 is 2.69 bits per heavy atom. The topological polar surface area (TPSA) is 71.8 Å². The van der Waals surface area contributed by atoms with Crippen molar-refractivity contribution in [1.29, 1.82) is 0 Å². The number of benzene rings is 1. The number of urea groups is 1. The summed E-state index contributed by atoms with van der Waals surface area (Å²) in [6, 6.07) is 13.2. The van der Waals surface area contributed by atoms with Gasteiger partial charge in [-0.25, -0.2) is 4.79 Å². The number of aromatic nitrogens is 3. The first kappa shape index (κ1) is 16.4. The van der Waals surface area contributed by atoms with Gasteiger partial charge < -0.3 is 15.0 Å². The maximum atomic E-state index is 12.6. The molecule has 0 saturated carbocycles. The molecule has 1 aliphatic heterocycles. The Labute approximate surface area is 151 Å². The van der Waals surface area contributed by atoms with Crippen LogP contribution in [-0.4, -0.2) is 45.7 Å². The Kier molecular flexibility index (Phi) is 4.43. The van der Waals surface area contributed by atoms with Gasteiger partial charge in [0.2, 0.25) is 0 Å². The SMILES string of the molecule is COc1ccccc1NC(=O)N1CCC(c2nnc3ccccn23)CC1. The predicted molar refractivity (Wildman–Crippen MR) is 98.5 cm³/mol. The third kappa shape index (κ3) is 3.08. The van der Waals surface area contributed by atoms with E-state index in [-0.39, 0.29) is 6.03 Å². The molecule has 0 radical (unpaired) electrons. The molecule has 0 bridgehead atoms. The van der Waals surface area contributed by atoms with E-state index in [1.54, 1.807) is 7.11 Å². The Bertz CT molecular complexity index is 915. The number of fused-ring (bicyclic) bond motifs is 1. The van der Waals surface area contributed by atoms with E-state index in [0.29, 0.717) is 30.4 Å². The van der Waals surface area contributed by atoms with Crippen molar-refractivity contribution < 1.29 is 9.53 Å². The summed E-state index contributed by atoms with van der Waals surface area (Å²) in [6.45, 7) is 1.38. The van der Waals surface area contributed by atoms with Gasteiger partial charge in [-0.3, -0.25) is 4.40 Å². The van der Waals surface area contributed by atoms with E-state index in [1.807, 2.05) is 58.0 Å². The van der Waals surface area contributed by atoms with Crippen molar-refractivity contribution in [2.45, 2.75) is 18.8 Å². The summed E-state index contributed by atoms with van der Waals surface area (Å²) in [6.07, 6.45) is 3.73. The molecular weight excluding hydrogens is 330 g/mol. The van der Waals surface area contributed by atoms with Gasteiger partial charge in [0.1, 0.15) is 11.6 Å². The number of likely N-dealkylation sites (tertiary alicyclic amines) is 1. The Morgan fingerprint density at radius 2 is 1.88 bits per heavy atom. The highest BCUT2D eigenvalue weighted by Gasteiger charge is 2.27. The molecule has 134 valence electrons. The molecule has 3 aromatic rings. The van der Waals surface area contributed by atoms with Gasteiger partial charge in [-0.15, -0.1) is 10.2 Å². The zero-order valence-corrected chi connectivity index (χ0v) is 14.6. The molecule has 1 aromatic carbocycles. The van der Waals surface area contributed by atoms with Crippen LogP contribution in [0.1, 0.15) is 24.6 Å². The number of hydrogen-bond acceptors (Lipinski definition) is 4. The fraction of sp³-hybridized carbons (Fsp3) is 0.316. The van der Waals surface area contributed by atoms with Gasteiger partial charge in [0.05, 0.1) is 12.8 Å². The molecule has 1 fully saturated rings. The number of para-hydroxylation sites is 2. The molecule has 0 aliphatic carbocycles. The van der Waals surface area contributed by atoms with Crippen molar-refractivity contribution in [2.24, 2.45) is 0 Å². The lowest BCUT2D eigenvalue weighted by Gasteiger charge is -2.31. The van der Waals surface area contributed by atoms with Crippen LogP contribution < -0.4 is 10.1 Å². The van der Waals surface area contributed by atoms with Crippen LogP contribution in [0.5, 0.6) is 5.75 Å². The third-order valence-corrected chi connectivity index (χ3v) is 4.84. The lowest BCUT2D eigenvalue weighted by atomic mass is 9.96. The average molecular weight is 351 g/mol. The van der Waals surface area contributed by atoms with Crippen molar-refractivity contribution >= 4 is 17.4 Å². The first-order chi connectivity index (χ1) is 12.8. The first-order valence-corrected chi connectivity index (χ1v) is 8.75. The monoisotopic (exact) mass is 351 g/mol. The third-order valence-electron chi connectivity index (χ3n) is 4.84. The summed E-state index contributed by atoms with van der Waals surface area (Å²) in [5.41, 5.74) is 1.55. The minimum atomic E-state index is -0.0981. The van der Waals surface area contributed by atoms with Gasteiger partial charge >= 0.3 is 6.03 Å². The Balaban J connectivity index is 1.41. The van der Waals surface area contributed by atoms with E-state index < -0.39 is 0 Å². The van der Waals surface area contributed by atoms with Gasteiger partial charge in [-0.2, -0.15) is 0 Å². The average Bonchev–Trinajstić information content (AvgIpc) is 3.12. The summed E-state index contributed by atoms with van der Waals surface area (Å²) in [5, 5.41) is 11.5. The number of anilines is 1. The number of hydrogen-bond donors (Lipinski definition) is 1. The van der Waals surface area contributed by atoms with Crippen molar-refractivity contribution in [3.8, 4) is 5.75 Å². The van der Waals surface area contributed by atoms with E-state index in [1.165, 1.54) is 0 Å². The highest BCUT2D eigenvalue weighted by Crippen LogP contribution is 2.28. The van der Waals surface area contributed by atoms with Crippen LogP contribution in [0.15, 0.2) is 48.7 Å². The molecule has 3 heterocycles. The van der Waals surface area contributed by atoms with E-state index >= 15 is 0 Å². The molecule has 7 heteroatoms. The number of piperidine rings is 1. The van der Waals surface area contributed by atoms with Crippen molar-refractivity contribution in [2.75, 3.05) is 25.5 Å². The van der Waals surface area contributed by atoms with Crippen LogP contribution in [0.25, 0.3) is 5.65 Å². The zero-order chi connectivity index (χ0) is 17.9. The van der Waals surface area contributed by atoms with Crippen LogP contribution in [0.3, 0.4) is 0 Å². The van der Waals surface area contributed by atoms with Crippen LogP contribution in [0.2, 0.25) is 0 Å². The van der Waals surface area contributed by atoms with Crippen LogP contribution in [0.4, 0.5) is 10.5 Å². The number of carbonyl (C=O) groups is 1. The summed E-state index contributed by atoms with van der Waals surface area (Å²) in [5.74, 6) is 1.94. The van der Waals surface area contributed by atoms with Gasteiger partial charge in [0.25, 0.3) is 0 Å². The number of rotatable bonds is 3. The molecule has 2 amide bonds. The number of pyridine rings is 1. The minimum absolute atomic E-state index is 0.0981.